The Morgan fingerprint density at radius 2 is 1.71 bits per heavy atom. The molecule has 0 unspecified atom stereocenters. The number of nitrogens with zero attached hydrogens (tertiary/aromatic N) is 4. The molecule has 0 saturated heterocycles. The summed E-state index contributed by atoms with van der Waals surface area (Å²) in [5.41, 5.74) is 1.23. The van der Waals surface area contributed by atoms with Crippen molar-refractivity contribution in [1.29, 1.82) is 0 Å². The molecule has 0 atom stereocenters. The molecular formula is C20H13Cl2F3N6. The average molecular weight is 465 g/mol. The van der Waals surface area contributed by atoms with Crippen LogP contribution < -0.4 is 5.32 Å². The van der Waals surface area contributed by atoms with E-state index in [-0.39, 0.29) is 17.9 Å². The summed E-state index contributed by atoms with van der Waals surface area (Å²) in [5.74, 6) is 0.452. The molecular weight excluding hydrogens is 452 g/mol. The van der Waals surface area contributed by atoms with Crippen LogP contribution in [0.25, 0.3) is 22.6 Å². The number of rotatable bonds is 5. The van der Waals surface area contributed by atoms with Gasteiger partial charge in [-0.05, 0) is 30.3 Å². The van der Waals surface area contributed by atoms with E-state index in [1.54, 1.807) is 30.6 Å². The molecule has 3 aromatic heterocycles. The number of benzene rings is 1. The number of hydrogen-bond acceptors (Lipinski definition) is 5. The third-order valence-electron chi connectivity index (χ3n) is 4.29. The number of pyridine rings is 1. The Kier molecular flexibility index (Phi) is 5.79. The lowest BCUT2D eigenvalue weighted by Gasteiger charge is -2.12. The quantitative estimate of drug-likeness (QED) is 0.386. The largest absolute Gasteiger partial charge is 0.433 e. The number of alkyl halides is 3. The summed E-state index contributed by atoms with van der Waals surface area (Å²) in [6.45, 7) is 0.216. The van der Waals surface area contributed by atoms with Crippen molar-refractivity contribution in [2.24, 2.45) is 0 Å². The van der Waals surface area contributed by atoms with Gasteiger partial charge >= 0.3 is 6.18 Å². The lowest BCUT2D eigenvalue weighted by atomic mass is 10.2. The Labute approximate surface area is 184 Å². The number of halogens is 5. The van der Waals surface area contributed by atoms with Crippen LogP contribution in [0.1, 0.15) is 11.3 Å². The van der Waals surface area contributed by atoms with Crippen LogP contribution in [0, 0.1) is 0 Å². The van der Waals surface area contributed by atoms with Crippen molar-refractivity contribution in [3.05, 3.63) is 76.4 Å². The predicted octanol–water partition coefficient (Wildman–Crippen LogP) is 5.87. The van der Waals surface area contributed by atoms with E-state index in [0.29, 0.717) is 32.6 Å². The molecule has 0 aliphatic rings. The van der Waals surface area contributed by atoms with E-state index in [9.17, 15) is 13.2 Å². The summed E-state index contributed by atoms with van der Waals surface area (Å²) in [4.78, 5) is 12.3. The van der Waals surface area contributed by atoms with Gasteiger partial charge in [0.05, 0.1) is 21.9 Å². The molecule has 0 bridgehead atoms. The second-order valence-electron chi connectivity index (χ2n) is 6.51. The van der Waals surface area contributed by atoms with E-state index >= 15 is 0 Å². The van der Waals surface area contributed by atoms with Crippen molar-refractivity contribution in [2.45, 2.75) is 12.7 Å². The summed E-state index contributed by atoms with van der Waals surface area (Å²) in [5, 5.41) is 10.1. The van der Waals surface area contributed by atoms with Gasteiger partial charge in [-0.25, -0.2) is 15.0 Å². The Morgan fingerprint density at radius 1 is 0.935 bits per heavy atom. The van der Waals surface area contributed by atoms with Crippen molar-refractivity contribution >= 4 is 28.9 Å². The molecule has 0 radical (unpaired) electrons. The van der Waals surface area contributed by atoms with Gasteiger partial charge < -0.3 is 5.32 Å². The van der Waals surface area contributed by atoms with Gasteiger partial charge in [-0.3, -0.25) is 5.10 Å². The lowest BCUT2D eigenvalue weighted by Crippen LogP contribution is -2.10. The fourth-order valence-corrected chi connectivity index (χ4v) is 3.05. The van der Waals surface area contributed by atoms with Gasteiger partial charge in [0.25, 0.3) is 0 Å². The van der Waals surface area contributed by atoms with E-state index in [1.807, 2.05) is 0 Å². The topological polar surface area (TPSA) is 79.4 Å². The van der Waals surface area contributed by atoms with Crippen molar-refractivity contribution in [3.63, 3.8) is 0 Å². The predicted molar refractivity (Wildman–Crippen MR) is 112 cm³/mol. The number of anilines is 1. The van der Waals surface area contributed by atoms with Crippen LogP contribution in [0.2, 0.25) is 10.0 Å². The van der Waals surface area contributed by atoms with Crippen LogP contribution in [-0.2, 0) is 12.7 Å². The van der Waals surface area contributed by atoms with E-state index < -0.39 is 11.9 Å². The second kappa shape index (κ2) is 8.52. The maximum absolute atomic E-state index is 13.3. The Bertz CT molecular complexity index is 1190. The number of H-pyrrole nitrogens is 1. The zero-order chi connectivity index (χ0) is 22.0. The second-order valence-corrected chi connectivity index (χ2v) is 7.32. The molecule has 0 aliphatic heterocycles. The first-order valence-corrected chi connectivity index (χ1v) is 9.64. The molecule has 31 heavy (non-hydrogen) atoms. The fraction of sp³-hybridized carbons (Fsp3) is 0.100. The van der Waals surface area contributed by atoms with Gasteiger partial charge in [0.1, 0.15) is 5.69 Å². The zero-order valence-electron chi connectivity index (χ0n) is 15.6. The number of nitrogens with one attached hydrogen (secondary N) is 2. The third-order valence-corrected chi connectivity index (χ3v) is 5.03. The molecule has 0 fully saturated rings. The monoisotopic (exact) mass is 464 g/mol. The number of hydrogen-bond donors (Lipinski definition) is 2. The van der Waals surface area contributed by atoms with Gasteiger partial charge in [-0.1, -0.05) is 23.2 Å². The van der Waals surface area contributed by atoms with E-state index in [1.165, 1.54) is 18.5 Å². The van der Waals surface area contributed by atoms with Crippen LogP contribution >= 0.6 is 23.2 Å². The summed E-state index contributed by atoms with van der Waals surface area (Å²) >= 11 is 11.9. The van der Waals surface area contributed by atoms with Gasteiger partial charge in [-0.2, -0.15) is 18.3 Å². The van der Waals surface area contributed by atoms with Crippen molar-refractivity contribution in [2.75, 3.05) is 5.32 Å². The van der Waals surface area contributed by atoms with Crippen LogP contribution in [0.5, 0.6) is 0 Å². The maximum Gasteiger partial charge on any atom is 0.433 e. The van der Waals surface area contributed by atoms with E-state index in [0.717, 1.165) is 6.07 Å². The van der Waals surface area contributed by atoms with Crippen LogP contribution in [0.15, 0.2) is 55.1 Å². The molecule has 0 saturated carbocycles. The van der Waals surface area contributed by atoms with Crippen LogP contribution in [0.4, 0.5) is 18.9 Å². The molecule has 0 aliphatic carbocycles. The minimum Gasteiger partial charge on any atom is -0.381 e. The molecule has 11 heteroatoms. The standard InChI is InChI=1S/C20H13Cl2F3N6/c21-15-2-1-12(3-16(15)22)19-27-7-11(8-28-19)6-26-14-4-17(13-9-29-30-10-13)31-18(5-14)20(23,24)25/h1-5,7-10H,6H2,(H,26,31)(H,29,30). The van der Waals surface area contributed by atoms with Crippen molar-refractivity contribution in [1.82, 2.24) is 25.1 Å². The molecule has 158 valence electrons. The Morgan fingerprint density at radius 3 is 2.35 bits per heavy atom. The van der Waals surface area contributed by atoms with E-state index in [2.05, 4.69) is 30.5 Å². The molecule has 0 amide bonds. The highest BCUT2D eigenvalue weighted by atomic mass is 35.5. The highest BCUT2D eigenvalue weighted by Crippen LogP contribution is 2.32. The third kappa shape index (κ3) is 4.95. The number of aromatic nitrogens is 5. The molecule has 3 heterocycles. The highest BCUT2D eigenvalue weighted by Gasteiger charge is 2.33. The lowest BCUT2D eigenvalue weighted by molar-refractivity contribution is -0.141. The van der Waals surface area contributed by atoms with Gasteiger partial charge in [-0.15, -0.1) is 0 Å². The molecule has 4 aromatic rings. The molecule has 6 nitrogen and oxygen atoms in total. The van der Waals surface area contributed by atoms with Crippen LogP contribution in [-0.4, -0.2) is 25.1 Å². The smallest absolute Gasteiger partial charge is 0.381 e. The van der Waals surface area contributed by atoms with Crippen molar-refractivity contribution in [3.8, 4) is 22.6 Å². The first-order valence-electron chi connectivity index (χ1n) is 8.88. The Balaban J connectivity index is 1.53. The summed E-state index contributed by atoms with van der Waals surface area (Å²) in [6.07, 6.45) is 1.46. The molecule has 4 rings (SSSR count). The molecule has 0 spiro atoms. The highest BCUT2D eigenvalue weighted by molar-refractivity contribution is 6.42. The fourth-order valence-electron chi connectivity index (χ4n) is 2.75. The minimum atomic E-state index is -4.58. The zero-order valence-corrected chi connectivity index (χ0v) is 17.1. The SMILES string of the molecule is FC(F)(F)c1cc(NCc2cnc(-c3ccc(Cl)c(Cl)c3)nc2)cc(-c2cn[nH]c2)n1. The number of aromatic amines is 1. The summed E-state index contributed by atoms with van der Waals surface area (Å²) < 4.78 is 39.8. The minimum absolute atomic E-state index is 0.150. The first kappa shape index (κ1) is 21.1. The first-order chi connectivity index (χ1) is 14.8. The van der Waals surface area contributed by atoms with Gasteiger partial charge in [0.15, 0.2) is 5.82 Å². The normalized spacial score (nSPS) is 11.5. The maximum atomic E-state index is 13.3. The van der Waals surface area contributed by atoms with Gasteiger partial charge in [0.2, 0.25) is 0 Å². The summed E-state index contributed by atoms with van der Waals surface area (Å²) in [7, 11) is 0. The molecule has 2 N–H and O–H groups in total. The van der Waals surface area contributed by atoms with Gasteiger partial charge in [0, 0.05) is 47.5 Å². The van der Waals surface area contributed by atoms with Crippen LogP contribution in [0.3, 0.4) is 0 Å². The van der Waals surface area contributed by atoms with Crippen molar-refractivity contribution < 1.29 is 13.2 Å². The average Bonchev–Trinajstić information content (AvgIpc) is 3.29. The van der Waals surface area contributed by atoms with E-state index in [4.69, 9.17) is 23.2 Å². The summed E-state index contributed by atoms with van der Waals surface area (Å²) in [6, 6.07) is 7.52. The molecule has 1 aromatic carbocycles. The Hall–Kier alpha value is -3.17.